The molecular weight excluding hydrogens is 226 g/mol. The second kappa shape index (κ2) is 6.01. The molecule has 3 nitrogen and oxygen atoms in total. The summed E-state index contributed by atoms with van der Waals surface area (Å²) in [5, 5.41) is 0. The zero-order valence-electron chi connectivity index (χ0n) is 11.2. The molecule has 98 valence electrons. The number of fused-ring (bicyclic) bond motifs is 1. The van der Waals surface area contributed by atoms with E-state index in [1.807, 2.05) is 30.0 Å². The van der Waals surface area contributed by atoms with Crippen LogP contribution in [0, 0.1) is 0 Å². The average Bonchev–Trinajstić information content (AvgIpc) is 2.39. The minimum absolute atomic E-state index is 0.169. The SMILES string of the molecule is CCOCCC(=O)N1CCC(C)c2ccccc21. The molecule has 0 N–H and O–H groups in total. The third kappa shape index (κ3) is 2.72. The van der Waals surface area contributed by atoms with Crippen LogP contribution in [0.15, 0.2) is 24.3 Å². The molecule has 0 bridgehead atoms. The Labute approximate surface area is 109 Å². The molecule has 1 aliphatic heterocycles. The van der Waals surface area contributed by atoms with Gasteiger partial charge in [-0.05, 0) is 30.9 Å². The third-order valence-corrected chi connectivity index (χ3v) is 3.51. The van der Waals surface area contributed by atoms with Gasteiger partial charge in [-0.3, -0.25) is 4.79 Å². The predicted molar refractivity (Wildman–Crippen MR) is 72.9 cm³/mol. The quantitative estimate of drug-likeness (QED) is 0.766. The summed E-state index contributed by atoms with van der Waals surface area (Å²) in [4.78, 5) is 14.1. The molecule has 1 atom stereocenters. The summed E-state index contributed by atoms with van der Waals surface area (Å²) < 4.78 is 5.26. The highest BCUT2D eigenvalue weighted by molar-refractivity contribution is 5.94. The van der Waals surface area contributed by atoms with Gasteiger partial charge in [0.15, 0.2) is 0 Å². The van der Waals surface area contributed by atoms with E-state index in [9.17, 15) is 4.79 Å². The second-order valence-electron chi connectivity index (χ2n) is 4.74. The van der Waals surface area contributed by atoms with Crippen LogP contribution in [-0.4, -0.2) is 25.7 Å². The number of hydrogen-bond donors (Lipinski definition) is 0. The van der Waals surface area contributed by atoms with E-state index in [0.29, 0.717) is 25.6 Å². The van der Waals surface area contributed by atoms with Crippen molar-refractivity contribution < 1.29 is 9.53 Å². The van der Waals surface area contributed by atoms with E-state index in [-0.39, 0.29) is 5.91 Å². The zero-order valence-corrected chi connectivity index (χ0v) is 11.2. The van der Waals surface area contributed by atoms with Gasteiger partial charge in [0.1, 0.15) is 0 Å². The van der Waals surface area contributed by atoms with E-state index >= 15 is 0 Å². The molecule has 0 spiro atoms. The molecule has 1 heterocycles. The Morgan fingerprint density at radius 3 is 3.00 bits per heavy atom. The first-order valence-electron chi connectivity index (χ1n) is 6.71. The van der Waals surface area contributed by atoms with Gasteiger partial charge in [0.2, 0.25) is 5.91 Å². The smallest absolute Gasteiger partial charge is 0.229 e. The van der Waals surface area contributed by atoms with E-state index in [4.69, 9.17) is 4.74 Å². The molecule has 2 rings (SSSR count). The van der Waals surface area contributed by atoms with Crippen LogP contribution in [0.25, 0.3) is 0 Å². The van der Waals surface area contributed by atoms with Crippen LogP contribution in [0.3, 0.4) is 0 Å². The summed E-state index contributed by atoms with van der Waals surface area (Å²) in [6, 6.07) is 8.22. The van der Waals surface area contributed by atoms with Crippen molar-refractivity contribution in [3.8, 4) is 0 Å². The second-order valence-corrected chi connectivity index (χ2v) is 4.74. The highest BCUT2D eigenvalue weighted by Gasteiger charge is 2.25. The monoisotopic (exact) mass is 247 g/mol. The van der Waals surface area contributed by atoms with Gasteiger partial charge in [-0.2, -0.15) is 0 Å². The van der Waals surface area contributed by atoms with Crippen molar-refractivity contribution in [1.82, 2.24) is 0 Å². The zero-order chi connectivity index (χ0) is 13.0. The first-order chi connectivity index (χ1) is 8.74. The van der Waals surface area contributed by atoms with Crippen molar-refractivity contribution >= 4 is 11.6 Å². The molecule has 0 fully saturated rings. The van der Waals surface area contributed by atoms with Crippen molar-refractivity contribution in [3.63, 3.8) is 0 Å². The molecule has 1 unspecified atom stereocenters. The number of hydrogen-bond acceptors (Lipinski definition) is 2. The van der Waals surface area contributed by atoms with Gasteiger partial charge in [-0.1, -0.05) is 25.1 Å². The fourth-order valence-corrected chi connectivity index (χ4v) is 2.45. The minimum atomic E-state index is 0.169. The normalized spacial score (nSPS) is 18.6. The lowest BCUT2D eigenvalue weighted by Crippen LogP contribution is -2.36. The molecule has 0 saturated carbocycles. The lowest BCUT2D eigenvalue weighted by atomic mass is 9.91. The molecular formula is C15H21NO2. The summed E-state index contributed by atoms with van der Waals surface area (Å²) in [6.45, 7) is 6.18. The van der Waals surface area contributed by atoms with Crippen molar-refractivity contribution in [2.24, 2.45) is 0 Å². The van der Waals surface area contributed by atoms with E-state index in [1.54, 1.807) is 0 Å². The van der Waals surface area contributed by atoms with Crippen LogP contribution >= 0.6 is 0 Å². The topological polar surface area (TPSA) is 29.5 Å². The Balaban J connectivity index is 2.11. The molecule has 0 saturated heterocycles. The van der Waals surface area contributed by atoms with E-state index in [1.165, 1.54) is 5.56 Å². The maximum atomic E-state index is 12.2. The molecule has 1 amide bonds. The molecule has 1 aliphatic rings. The van der Waals surface area contributed by atoms with Crippen molar-refractivity contribution in [2.45, 2.75) is 32.6 Å². The highest BCUT2D eigenvalue weighted by Crippen LogP contribution is 2.34. The average molecular weight is 247 g/mol. The standard InChI is InChI=1S/C15H21NO2/c1-3-18-11-9-15(17)16-10-8-12(2)13-6-4-5-7-14(13)16/h4-7,12H,3,8-11H2,1-2H3. The molecule has 0 aromatic heterocycles. The summed E-state index contributed by atoms with van der Waals surface area (Å²) in [5.41, 5.74) is 2.37. The Kier molecular flexibility index (Phi) is 4.37. The minimum Gasteiger partial charge on any atom is -0.381 e. The fraction of sp³-hybridized carbons (Fsp3) is 0.533. The van der Waals surface area contributed by atoms with Crippen molar-refractivity contribution in [2.75, 3.05) is 24.7 Å². The molecule has 0 radical (unpaired) electrons. The number of nitrogens with zero attached hydrogens (tertiary/aromatic N) is 1. The van der Waals surface area contributed by atoms with Crippen molar-refractivity contribution in [1.29, 1.82) is 0 Å². The first kappa shape index (κ1) is 13.1. The van der Waals surface area contributed by atoms with Crippen molar-refractivity contribution in [3.05, 3.63) is 29.8 Å². The first-order valence-corrected chi connectivity index (χ1v) is 6.71. The van der Waals surface area contributed by atoms with Gasteiger partial charge in [-0.25, -0.2) is 0 Å². The number of carbonyl (C=O) groups excluding carboxylic acids is 1. The third-order valence-electron chi connectivity index (χ3n) is 3.51. The van der Waals surface area contributed by atoms with Crippen LogP contribution < -0.4 is 4.90 Å². The van der Waals surface area contributed by atoms with E-state index < -0.39 is 0 Å². The number of rotatable bonds is 4. The van der Waals surface area contributed by atoms with Gasteiger partial charge >= 0.3 is 0 Å². The van der Waals surface area contributed by atoms with Crippen LogP contribution in [0.2, 0.25) is 0 Å². The molecule has 3 heteroatoms. The van der Waals surface area contributed by atoms with Crippen LogP contribution in [0.4, 0.5) is 5.69 Å². The highest BCUT2D eigenvalue weighted by atomic mass is 16.5. The van der Waals surface area contributed by atoms with Crippen LogP contribution in [0.1, 0.15) is 38.2 Å². The number of anilines is 1. The molecule has 0 aliphatic carbocycles. The Morgan fingerprint density at radius 1 is 1.44 bits per heavy atom. The maximum absolute atomic E-state index is 12.2. The van der Waals surface area contributed by atoms with Gasteiger partial charge < -0.3 is 9.64 Å². The van der Waals surface area contributed by atoms with Gasteiger partial charge in [0.25, 0.3) is 0 Å². The number of amides is 1. The molecule has 18 heavy (non-hydrogen) atoms. The lowest BCUT2D eigenvalue weighted by molar-refractivity contribution is -0.119. The van der Waals surface area contributed by atoms with Gasteiger partial charge in [-0.15, -0.1) is 0 Å². The molecule has 1 aromatic carbocycles. The van der Waals surface area contributed by atoms with Gasteiger partial charge in [0.05, 0.1) is 13.0 Å². The number of carbonyl (C=O) groups is 1. The Bertz CT molecular complexity index is 417. The van der Waals surface area contributed by atoms with E-state index in [2.05, 4.69) is 13.0 Å². The summed E-state index contributed by atoms with van der Waals surface area (Å²) >= 11 is 0. The predicted octanol–water partition coefficient (Wildman–Crippen LogP) is 2.95. The Morgan fingerprint density at radius 2 is 2.22 bits per heavy atom. The fourth-order valence-electron chi connectivity index (χ4n) is 2.45. The largest absolute Gasteiger partial charge is 0.381 e. The summed E-state index contributed by atoms with van der Waals surface area (Å²) in [6.07, 6.45) is 1.51. The lowest BCUT2D eigenvalue weighted by Gasteiger charge is -2.33. The van der Waals surface area contributed by atoms with Crippen LogP contribution in [-0.2, 0) is 9.53 Å². The summed E-state index contributed by atoms with van der Waals surface area (Å²) in [7, 11) is 0. The molecule has 1 aromatic rings. The number of ether oxygens (including phenoxy) is 1. The van der Waals surface area contributed by atoms with E-state index in [0.717, 1.165) is 18.7 Å². The maximum Gasteiger partial charge on any atom is 0.229 e. The Hall–Kier alpha value is -1.35. The van der Waals surface area contributed by atoms with Gasteiger partial charge in [0, 0.05) is 18.8 Å². The van der Waals surface area contributed by atoms with Crippen LogP contribution in [0.5, 0.6) is 0 Å². The number of benzene rings is 1. The number of para-hydroxylation sites is 1. The summed E-state index contributed by atoms with van der Waals surface area (Å²) in [5.74, 6) is 0.708.